The third kappa shape index (κ3) is 3.55. The van der Waals surface area contributed by atoms with Crippen LogP contribution in [0.4, 0.5) is 5.69 Å². The molecule has 0 fully saturated rings. The second-order valence-corrected chi connectivity index (χ2v) is 5.22. The van der Waals surface area contributed by atoms with Crippen molar-refractivity contribution in [3.05, 3.63) is 47.5 Å². The van der Waals surface area contributed by atoms with Crippen LogP contribution in [-0.4, -0.2) is 5.11 Å². The third-order valence-corrected chi connectivity index (χ3v) is 3.61. The molecule has 0 radical (unpaired) electrons. The van der Waals surface area contributed by atoms with Crippen LogP contribution in [0.3, 0.4) is 0 Å². The Labute approximate surface area is 125 Å². The quantitative estimate of drug-likeness (QED) is 0.635. The van der Waals surface area contributed by atoms with Gasteiger partial charge in [0.2, 0.25) is 0 Å². The van der Waals surface area contributed by atoms with Gasteiger partial charge >= 0.3 is 0 Å². The van der Waals surface area contributed by atoms with Gasteiger partial charge in [-0.15, -0.1) is 0 Å². The van der Waals surface area contributed by atoms with Crippen LogP contribution in [0.15, 0.2) is 36.4 Å². The summed E-state index contributed by atoms with van der Waals surface area (Å²) in [5, 5.41) is 18.6. The highest BCUT2D eigenvalue weighted by molar-refractivity contribution is 5.81. The molecule has 0 amide bonds. The maximum atomic E-state index is 9.39. The van der Waals surface area contributed by atoms with Crippen molar-refractivity contribution in [2.24, 2.45) is 0 Å². The van der Waals surface area contributed by atoms with Crippen LogP contribution in [0.5, 0.6) is 5.75 Å². The van der Waals surface area contributed by atoms with Crippen LogP contribution in [0.1, 0.15) is 37.3 Å². The number of rotatable bonds is 5. The monoisotopic (exact) mass is 280 g/mol. The van der Waals surface area contributed by atoms with Gasteiger partial charge in [-0.1, -0.05) is 31.9 Å². The Hall–Kier alpha value is -2.47. The van der Waals surface area contributed by atoms with Gasteiger partial charge in [-0.25, -0.2) is 0 Å². The highest BCUT2D eigenvalue weighted by Crippen LogP contribution is 2.31. The average molecular weight is 280 g/mol. The number of nitrogen functional groups attached to an aromatic ring is 1. The summed E-state index contributed by atoms with van der Waals surface area (Å²) in [7, 11) is 0. The number of nitrogens with zero attached hydrogens (tertiary/aromatic N) is 1. The Morgan fingerprint density at radius 1 is 1.14 bits per heavy atom. The van der Waals surface area contributed by atoms with Crippen molar-refractivity contribution in [1.82, 2.24) is 0 Å². The van der Waals surface area contributed by atoms with Crippen LogP contribution >= 0.6 is 0 Å². The van der Waals surface area contributed by atoms with Crippen LogP contribution in [0, 0.1) is 11.3 Å². The maximum Gasteiger partial charge on any atom is 0.115 e. The summed E-state index contributed by atoms with van der Waals surface area (Å²) in [6.45, 7) is 2.17. The van der Waals surface area contributed by atoms with Gasteiger partial charge in [0.25, 0.3) is 0 Å². The van der Waals surface area contributed by atoms with Crippen LogP contribution in [0.2, 0.25) is 0 Å². The van der Waals surface area contributed by atoms with Crippen LogP contribution < -0.4 is 5.73 Å². The van der Waals surface area contributed by atoms with Crippen LogP contribution in [-0.2, 0) is 6.42 Å². The molecule has 0 unspecified atom stereocenters. The fraction of sp³-hybridized carbons (Fsp3) is 0.278. The molecule has 0 heterocycles. The number of hydrogen-bond donors (Lipinski definition) is 2. The number of aromatic hydroxyl groups is 1. The van der Waals surface area contributed by atoms with Crippen molar-refractivity contribution in [2.45, 2.75) is 32.6 Å². The predicted molar refractivity (Wildman–Crippen MR) is 85.9 cm³/mol. The minimum Gasteiger partial charge on any atom is -0.508 e. The minimum atomic E-state index is 0.219. The molecule has 3 nitrogen and oxygen atoms in total. The topological polar surface area (TPSA) is 70.0 Å². The summed E-state index contributed by atoms with van der Waals surface area (Å²) in [5.41, 5.74) is 10.0. The molecule has 2 aromatic rings. The molecule has 0 spiro atoms. The first kappa shape index (κ1) is 14.9. The van der Waals surface area contributed by atoms with Gasteiger partial charge in [0, 0.05) is 5.56 Å². The van der Waals surface area contributed by atoms with E-state index in [9.17, 15) is 10.4 Å². The van der Waals surface area contributed by atoms with E-state index >= 15 is 0 Å². The molecule has 0 aromatic heterocycles. The predicted octanol–water partition coefficient (Wildman–Crippen LogP) is 4.25. The standard InChI is InChI=1S/C18H20N2O/c1-2-3-4-5-13-10-15(12-19)18(20)17(11-13)14-6-8-16(21)9-7-14/h6-11,21H,2-5,20H2,1H3. The number of phenols is 1. The number of aryl methyl sites for hydroxylation is 1. The molecule has 0 atom stereocenters. The zero-order chi connectivity index (χ0) is 15.2. The Kier molecular flexibility index (Phi) is 4.84. The second kappa shape index (κ2) is 6.81. The van der Waals surface area contributed by atoms with E-state index < -0.39 is 0 Å². The molecule has 108 valence electrons. The number of unbranched alkanes of at least 4 members (excludes halogenated alkanes) is 2. The second-order valence-electron chi connectivity index (χ2n) is 5.22. The minimum absolute atomic E-state index is 0.219. The molecule has 0 saturated heterocycles. The average Bonchev–Trinajstić information content (AvgIpc) is 2.50. The number of hydrogen-bond acceptors (Lipinski definition) is 3. The zero-order valence-electron chi connectivity index (χ0n) is 12.3. The summed E-state index contributed by atoms with van der Waals surface area (Å²) in [6.07, 6.45) is 4.42. The van der Waals surface area contributed by atoms with Crippen molar-refractivity contribution in [3.63, 3.8) is 0 Å². The lowest BCUT2D eigenvalue weighted by atomic mass is 9.95. The highest BCUT2D eigenvalue weighted by atomic mass is 16.3. The SMILES string of the molecule is CCCCCc1cc(C#N)c(N)c(-c2ccc(O)cc2)c1. The highest BCUT2D eigenvalue weighted by Gasteiger charge is 2.10. The van der Waals surface area contributed by atoms with E-state index in [1.807, 2.05) is 18.2 Å². The Bertz CT molecular complexity index is 654. The number of anilines is 1. The summed E-state index contributed by atoms with van der Waals surface area (Å²) in [4.78, 5) is 0. The molecular formula is C18H20N2O. The molecule has 3 N–H and O–H groups in total. The molecule has 0 aliphatic heterocycles. The van der Waals surface area contributed by atoms with E-state index in [2.05, 4.69) is 19.1 Å². The summed E-state index contributed by atoms with van der Waals surface area (Å²) in [6, 6.07) is 13.0. The van der Waals surface area contributed by atoms with Gasteiger partial charge < -0.3 is 10.8 Å². The van der Waals surface area contributed by atoms with Gasteiger partial charge in [-0.3, -0.25) is 0 Å². The Morgan fingerprint density at radius 2 is 1.86 bits per heavy atom. The summed E-state index contributed by atoms with van der Waals surface area (Å²) >= 11 is 0. The van der Waals surface area contributed by atoms with Crippen molar-refractivity contribution in [3.8, 4) is 22.9 Å². The smallest absolute Gasteiger partial charge is 0.115 e. The van der Waals surface area contributed by atoms with Crippen molar-refractivity contribution in [1.29, 1.82) is 5.26 Å². The molecular weight excluding hydrogens is 260 g/mol. The first-order valence-corrected chi connectivity index (χ1v) is 7.27. The van der Waals surface area contributed by atoms with E-state index in [4.69, 9.17) is 5.73 Å². The number of phenolic OH excluding ortho intramolecular Hbond substituents is 1. The lowest BCUT2D eigenvalue weighted by molar-refractivity contribution is 0.475. The summed E-state index contributed by atoms with van der Waals surface area (Å²) < 4.78 is 0. The lowest BCUT2D eigenvalue weighted by Crippen LogP contribution is -1.98. The van der Waals surface area contributed by atoms with E-state index in [1.54, 1.807) is 12.1 Å². The molecule has 0 aliphatic rings. The van der Waals surface area contributed by atoms with Gasteiger partial charge in [-0.05, 0) is 48.2 Å². The van der Waals surface area contributed by atoms with Crippen molar-refractivity contribution >= 4 is 5.69 Å². The maximum absolute atomic E-state index is 9.39. The molecule has 0 bridgehead atoms. The van der Waals surface area contributed by atoms with Gasteiger partial charge in [0.1, 0.15) is 11.8 Å². The fourth-order valence-corrected chi connectivity index (χ4v) is 2.41. The first-order chi connectivity index (χ1) is 10.2. The molecule has 3 heteroatoms. The first-order valence-electron chi connectivity index (χ1n) is 7.27. The lowest BCUT2D eigenvalue weighted by Gasteiger charge is -2.11. The van der Waals surface area contributed by atoms with E-state index in [-0.39, 0.29) is 5.75 Å². The normalized spacial score (nSPS) is 10.3. The van der Waals surface area contributed by atoms with Gasteiger partial charge in [0.05, 0.1) is 11.3 Å². The molecule has 0 saturated carbocycles. The number of benzene rings is 2. The summed E-state index contributed by atoms with van der Waals surface area (Å²) in [5.74, 6) is 0.219. The Morgan fingerprint density at radius 3 is 2.48 bits per heavy atom. The largest absolute Gasteiger partial charge is 0.508 e. The van der Waals surface area contributed by atoms with Gasteiger partial charge in [-0.2, -0.15) is 5.26 Å². The van der Waals surface area contributed by atoms with E-state index in [0.717, 1.165) is 29.5 Å². The zero-order valence-corrected chi connectivity index (χ0v) is 12.3. The third-order valence-electron chi connectivity index (χ3n) is 3.61. The number of nitriles is 1. The fourth-order valence-electron chi connectivity index (χ4n) is 2.41. The van der Waals surface area contributed by atoms with Crippen LogP contribution in [0.25, 0.3) is 11.1 Å². The molecule has 0 aliphatic carbocycles. The number of nitrogens with two attached hydrogens (primary N) is 1. The van der Waals surface area contributed by atoms with E-state index in [0.29, 0.717) is 11.3 Å². The van der Waals surface area contributed by atoms with Gasteiger partial charge in [0.15, 0.2) is 0 Å². The van der Waals surface area contributed by atoms with Crippen molar-refractivity contribution in [2.75, 3.05) is 5.73 Å². The Balaban J connectivity index is 2.41. The molecule has 2 aromatic carbocycles. The molecule has 2 rings (SSSR count). The van der Waals surface area contributed by atoms with E-state index in [1.165, 1.54) is 12.8 Å². The van der Waals surface area contributed by atoms with Crippen molar-refractivity contribution < 1.29 is 5.11 Å². The molecule has 21 heavy (non-hydrogen) atoms.